The van der Waals surface area contributed by atoms with Crippen LogP contribution >= 0.6 is 0 Å². The first-order valence-corrected chi connectivity index (χ1v) is 7.00. The fourth-order valence-electron chi connectivity index (χ4n) is 2.13. The summed E-state index contributed by atoms with van der Waals surface area (Å²) in [6.45, 7) is 7.86. The van der Waals surface area contributed by atoms with Crippen molar-refractivity contribution in [1.82, 2.24) is 15.1 Å². The summed E-state index contributed by atoms with van der Waals surface area (Å²) in [6, 6.07) is -0.444. The van der Waals surface area contributed by atoms with Crippen LogP contribution in [0.3, 0.4) is 0 Å². The molecule has 1 unspecified atom stereocenters. The topological polar surface area (TPSA) is 72.9 Å². The highest BCUT2D eigenvalue weighted by Gasteiger charge is 2.25. The maximum absolute atomic E-state index is 11.6. The van der Waals surface area contributed by atoms with Gasteiger partial charge in [0.15, 0.2) is 0 Å². The van der Waals surface area contributed by atoms with Gasteiger partial charge in [0.05, 0.1) is 6.54 Å². The van der Waals surface area contributed by atoms with Crippen molar-refractivity contribution in [2.45, 2.75) is 32.7 Å². The number of carbonyl (C=O) groups excluding carboxylic acids is 1. The second-order valence-electron chi connectivity index (χ2n) is 5.03. The Morgan fingerprint density at radius 3 is 2.42 bits per heavy atom. The minimum Gasteiger partial charge on any atom is -0.480 e. The Labute approximate surface area is 114 Å². The third kappa shape index (κ3) is 5.57. The lowest BCUT2D eigenvalue weighted by molar-refractivity contribution is -0.143. The minimum atomic E-state index is -0.786. The Morgan fingerprint density at radius 2 is 1.89 bits per heavy atom. The first-order valence-electron chi connectivity index (χ1n) is 7.00. The molecule has 1 heterocycles. The van der Waals surface area contributed by atoms with Crippen molar-refractivity contribution in [3.8, 4) is 0 Å². The molecule has 0 spiro atoms. The molecule has 1 aliphatic heterocycles. The van der Waals surface area contributed by atoms with E-state index >= 15 is 0 Å². The van der Waals surface area contributed by atoms with Crippen LogP contribution in [0.25, 0.3) is 0 Å². The number of hydrogen-bond donors (Lipinski definition) is 2. The molecule has 6 nitrogen and oxygen atoms in total. The number of amides is 1. The molecule has 6 heteroatoms. The number of carbonyl (C=O) groups is 2. The van der Waals surface area contributed by atoms with Crippen LogP contribution < -0.4 is 5.32 Å². The number of nitrogens with one attached hydrogen (secondary N) is 1. The molecule has 1 rings (SSSR count). The van der Waals surface area contributed by atoms with E-state index in [4.69, 9.17) is 5.11 Å². The van der Waals surface area contributed by atoms with Gasteiger partial charge in [0.1, 0.15) is 6.04 Å². The summed E-state index contributed by atoms with van der Waals surface area (Å²) in [6.07, 6.45) is 2.08. The molecule has 0 aromatic heterocycles. The highest BCUT2D eigenvalue weighted by atomic mass is 16.4. The largest absolute Gasteiger partial charge is 0.480 e. The van der Waals surface area contributed by atoms with Crippen LogP contribution in [-0.2, 0) is 9.59 Å². The van der Waals surface area contributed by atoms with Crippen LogP contribution in [0.15, 0.2) is 0 Å². The van der Waals surface area contributed by atoms with Crippen molar-refractivity contribution in [1.29, 1.82) is 0 Å². The Morgan fingerprint density at radius 1 is 1.26 bits per heavy atom. The van der Waals surface area contributed by atoms with E-state index in [0.717, 1.165) is 32.5 Å². The number of nitrogens with zero attached hydrogens (tertiary/aromatic N) is 2. The summed E-state index contributed by atoms with van der Waals surface area (Å²) in [7, 11) is 0. The van der Waals surface area contributed by atoms with Gasteiger partial charge in [-0.25, -0.2) is 0 Å². The van der Waals surface area contributed by atoms with Gasteiger partial charge in [-0.3, -0.25) is 19.4 Å². The van der Waals surface area contributed by atoms with E-state index in [1.165, 1.54) is 0 Å². The smallest absolute Gasteiger partial charge is 0.320 e. The van der Waals surface area contributed by atoms with Crippen molar-refractivity contribution in [3.05, 3.63) is 0 Å². The highest BCUT2D eigenvalue weighted by molar-refractivity contribution is 5.78. The third-order valence-electron chi connectivity index (χ3n) is 3.53. The monoisotopic (exact) mass is 271 g/mol. The molecule has 2 N–H and O–H groups in total. The van der Waals surface area contributed by atoms with Crippen LogP contribution in [0, 0.1) is 0 Å². The van der Waals surface area contributed by atoms with E-state index in [1.54, 1.807) is 6.92 Å². The molecule has 0 bridgehead atoms. The number of aliphatic carboxylic acids is 1. The zero-order chi connectivity index (χ0) is 14.3. The van der Waals surface area contributed by atoms with E-state index in [9.17, 15) is 9.59 Å². The molecule has 1 fully saturated rings. The maximum Gasteiger partial charge on any atom is 0.320 e. The molecular weight excluding hydrogens is 246 g/mol. The van der Waals surface area contributed by atoms with Crippen molar-refractivity contribution in [3.63, 3.8) is 0 Å². The van der Waals surface area contributed by atoms with Gasteiger partial charge >= 0.3 is 5.97 Å². The fraction of sp³-hybridized carbons (Fsp3) is 0.846. The highest BCUT2D eigenvalue weighted by Crippen LogP contribution is 2.06. The Hall–Kier alpha value is -1.14. The van der Waals surface area contributed by atoms with E-state index in [0.29, 0.717) is 19.6 Å². The van der Waals surface area contributed by atoms with Gasteiger partial charge in [-0.05, 0) is 13.3 Å². The molecule has 1 atom stereocenters. The molecule has 0 aromatic carbocycles. The number of carboxylic acid groups (broad SMARTS) is 1. The molecule has 19 heavy (non-hydrogen) atoms. The summed E-state index contributed by atoms with van der Waals surface area (Å²) in [5.74, 6) is -0.723. The first-order chi connectivity index (χ1) is 9.04. The van der Waals surface area contributed by atoms with Crippen molar-refractivity contribution >= 4 is 11.9 Å². The lowest BCUT2D eigenvalue weighted by Gasteiger charge is -2.36. The van der Waals surface area contributed by atoms with Crippen LogP contribution in [0.4, 0.5) is 0 Å². The van der Waals surface area contributed by atoms with Crippen LogP contribution in [0.2, 0.25) is 0 Å². The number of unbranched alkanes of at least 4 members (excludes halogenated alkanes) is 1. The van der Waals surface area contributed by atoms with Gasteiger partial charge in [-0.2, -0.15) is 0 Å². The summed E-state index contributed by atoms with van der Waals surface area (Å²) < 4.78 is 0. The average Bonchev–Trinajstić information content (AvgIpc) is 2.39. The molecule has 0 saturated carbocycles. The Kier molecular flexibility index (Phi) is 6.80. The average molecular weight is 271 g/mol. The Balaban J connectivity index is 2.22. The predicted molar refractivity (Wildman–Crippen MR) is 73.0 cm³/mol. The minimum absolute atomic E-state index is 0.0631. The zero-order valence-electron chi connectivity index (χ0n) is 11.9. The number of carboxylic acids is 1. The summed E-state index contributed by atoms with van der Waals surface area (Å²) in [5.41, 5.74) is 0. The van der Waals surface area contributed by atoms with E-state index < -0.39 is 12.0 Å². The molecule has 0 aliphatic carbocycles. The fourth-order valence-corrected chi connectivity index (χ4v) is 2.13. The molecule has 0 radical (unpaired) electrons. The Bertz CT molecular complexity index is 302. The van der Waals surface area contributed by atoms with Gasteiger partial charge in [0, 0.05) is 32.7 Å². The van der Waals surface area contributed by atoms with Crippen molar-refractivity contribution < 1.29 is 14.7 Å². The number of piperazine rings is 1. The molecule has 110 valence electrons. The van der Waals surface area contributed by atoms with E-state index in [-0.39, 0.29) is 5.91 Å². The lowest BCUT2D eigenvalue weighted by atomic mass is 10.2. The first kappa shape index (κ1) is 15.9. The standard InChI is InChI=1S/C13H25N3O3/c1-3-4-5-14-12(17)10-15-6-8-16(9-7-15)11(2)13(18)19/h11H,3-10H2,1-2H3,(H,14,17)(H,18,19). The quantitative estimate of drug-likeness (QED) is 0.637. The maximum atomic E-state index is 11.6. The number of rotatable bonds is 7. The van der Waals surface area contributed by atoms with Crippen molar-refractivity contribution in [2.24, 2.45) is 0 Å². The van der Waals surface area contributed by atoms with Crippen LogP contribution in [0.1, 0.15) is 26.7 Å². The zero-order valence-corrected chi connectivity index (χ0v) is 11.9. The molecule has 1 aliphatic rings. The predicted octanol–water partition coefficient (Wildman–Crippen LogP) is -0.00660. The summed E-state index contributed by atoms with van der Waals surface area (Å²) >= 11 is 0. The lowest BCUT2D eigenvalue weighted by Crippen LogP contribution is -2.53. The molecule has 0 aromatic rings. The van der Waals surface area contributed by atoms with Gasteiger partial charge in [0.25, 0.3) is 0 Å². The normalized spacial score (nSPS) is 19.1. The molecule has 1 amide bonds. The van der Waals surface area contributed by atoms with E-state index in [1.807, 2.05) is 4.90 Å². The second kappa shape index (κ2) is 8.12. The molecular formula is C13H25N3O3. The van der Waals surface area contributed by atoms with Gasteiger partial charge in [-0.15, -0.1) is 0 Å². The van der Waals surface area contributed by atoms with Crippen LogP contribution in [-0.4, -0.2) is 72.1 Å². The number of hydrogen-bond acceptors (Lipinski definition) is 4. The third-order valence-corrected chi connectivity index (χ3v) is 3.53. The SMILES string of the molecule is CCCCNC(=O)CN1CCN(C(C)C(=O)O)CC1. The van der Waals surface area contributed by atoms with Gasteiger partial charge < -0.3 is 10.4 Å². The van der Waals surface area contributed by atoms with Crippen LogP contribution in [0.5, 0.6) is 0 Å². The second-order valence-corrected chi connectivity index (χ2v) is 5.03. The summed E-state index contributed by atoms with van der Waals surface area (Å²) in [4.78, 5) is 26.5. The van der Waals surface area contributed by atoms with Gasteiger partial charge in [-0.1, -0.05) is 13.3 Å². The van der Waals surface area contributed by atoms with Gasteiger partial charge in [0.2, 0.25) is 5.91 Å². The van der Waals surface area contributed by atoms with E-state index in [2.05, 4.69) is 17.1 Å². The molecule has 1 saturated heterocycles. The van der Waals surface area contributed by atoms with Crippen molar-refractivity contribution in [2.75, 3.05) is 39.3 Å². The summed E-state index contributed by atoms with van der Waals surface area (Å²) in [5, 5.41) is 11.8.